The number of thiophene rings is 1. The normalized spacial score (nSPS) is 11.0. The number of rotatable bonds is 13. The number of carbonyl (C=O) groups excluding carboxylic acids is 3. The molecular weight excluding hydrogens is 555 g/mol. The first-order valence-electron chi connectivity index (χ1n) is 13.2. The second kappa shape index (κ2) is 15.4. The number of nitrogens with one attached hydrogen (secondary N) is 3. The molecular formula is C32H31N3O4S2. The highest BCUT2D eigenvalue weighted by Crippen LogP contribution is 2.22. The fraction of sp³-hybridized carbons (Fsp3) is 0.156. The summed E-state index contributed by atoms with van der Waals surface area (Å²) in [5.74, 6) is 0.0834. The lowest BCUT2D eigenvalue weighted by atomic mass is 10.2. The summed E-state index contributed by atoms with van der Waals surface area (Å²) in [6.45, 7) is 2.79. The molecule has 0 bridgehead atoms. The molecule has 1 aromatic heterocycles. The Morgan fingerprint density at radius 3 is 2.27 bits per heavy atom. The quantitative estimate of drug-likeness (QED) is 0.0886. The van der Waals surface area contributed by atoms with E-state index in [-0.39, 0.29) is 23.3 Å². The van der Waals surface area contributed by atoms with Gasteiger partial charge in [0.2, 0.25) is 5.91 Å². The van der Waals surface area contributed by atoms with E-state index in [2.05, 4.69) is 22.9 Å². The Morgan fingerprint density at radius 2 is 1.59 bits per heavy atom. The van der Waals surface area contributed by atoms with Crippen LogP contribution in [-0.2, 0) is 9.59 Å². The van der Waals surface area contributed by atoms with Crippen LogP contribution in [0.15, 0.2) is 106 Å². The summed E-state index contributed by atoms with van der Waals surface area (Å²) in [7, 11) is 0. The van der Waals surface area contributed by atoms with Crippen molar-refractivity contribution in [1.82, 2.24) is 5.32 Å². The Bertz CT molecular complexity index is 1450. The van der Waals surface area contributed by atoms with Gasteiger partial charge in [-0.25, -0.2) is 0 Å². The van der Waals surface area contributed by atoms with Gasteiger partial charge in [0.15, 0.2) is 0 Å². The lowest BCUT2D eigenvalue weighted by Gasteiger charge is -2.12. The predicted molar refractivity (Wildman–Crippen MR) is 167 cm³/mol. The van der Waals surface area contributed by atoms with Crippen LogP contribution in [0.25, 0.3) is 6.08 Å². The third kappa shape index (κ3) is 9.66. The number of carbonyl (C=O) groups is 3. The summed E-state index contributed by atoms with van der Waals surface area (Å²) in [6, 6.07) is 25.1. The molecule has 0 atom stereocenters. The molecule has 0 spiro atoms. The largest absolute Gasteiger partial charge is 0.494 e. The molecule has 0 fully saturated rings. The Balaban J connectivity index is 1.30. The molecule has 41 heavy (non-hydrogen) atoms. The smallest absolute Gasteiger partial charge is 0.272 e. The maximum Gasteiger partial charge on any atom is 0.272 e. The van der Waals surface area contributed by atoms with Crippen molar-refractivity contribution in [1.29, 1.82) is 0 Å². The Labute approximate surface area is 248 Å². The molecule has 3 aromatic carbocycles. The second-order valence-electron chi connectivity index (χ2n) is 8.98. The summed E-state index contributed by atoms with van der Waals surface area (Å²) in [6.07, 6.45) is 3.72. The van der Waals surface area contributed by atoms with Crippen LogP contribution in [0.2, 0.25) is 0 Å². The fourth-order valence-electron chi connectivity index (χ4n) is 3.61. The molecule has 0 saturated heterocycles. The number of hydrogen-bond acceptors (Lipinski definition) is 6. The van der Waals surface area contributed by atoms with Gasteiger partial charge in [0, 0.05) is 21.8 Å². The molecule has 7 nitrogen and oxygen atoms in total. The Morgan fingerprint density at radius 1 is 0.878 bits per heavy atom. The van der Waals surface area contributed by atoms with Crippen molar-refractivity contribution in [3.63, 3.8) is 0 Å². The van der Waals surface area contributed by atoms with E-state index < -0.39 is 5.91 Å². The molecule has 0 aliphatic heterocycles. The summed E-state index contributed by atoms with van der Waals surface area (Å²) in [5, 5.41) is 12.2. The van der Waals surface area contributed by atoms with E-state index in [4.69, 9.17) is 4.74 Å². The van der Waals surface area contributed by atoms with Gasteiger partial charge in [0.05, 0.1) is 12.4 Å². The molecule has 0 radical (unpaired) electrons. The second-order valence-corrected chi connectivity index (χ2v) is 10.8. The molecule has 0 aliphatic carbocycles. The molecule has 3 amide bonds. The van der Waals surface area contributed by atoms with Crippen LogP contribution in [0.5, 0.6) is 5.75 Å². The Kier molecular flexibility index (Phi) is 11.2. The summed E-state index contributed by atoms with van der Waals surface area (Å²) < 4.78 is 5.65. The van der Waals surface area contributed by atoms with E-state index in [0.717, 1.165) is 29.1 Å². The van der Waals surface area contributed by atoms with Crippen molar-refractivity contribution >= 4 is 58.3 Å². The van der Waals surface area contributed by atoms with Crippen molar-refractivity contribution in [3.8, 4) is 5.75 Å². The van der Waals surface area contributed by atoms with Gasteiger partial charge >= 0.3 is 0 Å². The highest BCUT2D eigenvalue weighted by Gasteiger charge is 2.15. The number of benzene rings is 3. The van der Waals surface area contributed by atoms with Crippen molar-refractivity contribution < 1.29 is 19.1 Å². The minimum atomic E-state index is -0.443. The van der Waals surface area contributed by atoms with Crippen LogP contribution in [0.4, 0.5) is 11.4 Å². The maximum absolute atomic E-state index is 13.1. The van der Waals surface area contributed by atoms with Gasteiger partial charge in [-0.05, 0) is 95.6 Å². The highest BCUT2D eigenvalue weighted by molar-refractivity contribution is 8.00. The van der Waals surface area contributed by atoms with Gasteiger partial charge in [-0.2, -0.15) is 11.3 Å². The van der Waals surface area contributed by atoms with Gasteiger partial charge in [0.1, 0.15) is 11.4 Å². The molecule has 9 heteroatoms. The third-order valence-electron chi connectivity index (χ3n) is 5.77. The molecule has 4 rings (SSSR count). The summed E-state index contributed by atoms with van der Waals surface area (Å²) >= 11 is 2.89. The van der Waals surface area contributed by atoms with E-state index >= 15 is 0 Å². The average Bonchev–Trinajstić information content (AvgIpc) is 3.51. The number of hydrogen-bond donors (Lipinski definition) is 3. The topological polar surface area (TPSA) is 96.5 Å². The SMILES string of the molecule is CCCCOc1ccc(NC(=O)CSc2ccc(NC(=O)/C(=C/c3ccsc3)NC(=O)c3ccccc3)cc2)cc1. The standard InChI is InChI=1S/C32H31N3O4S2/c1-2-3-18-39-27-13-9-25(10-14-27)33-30(36)22-41-28-15-11-26(12-16-28)34-32(38)29(20-23-17-19-40-21-23)35-31(37)24-7-5-4-6-8-24/h4-17,19-21H,2-3,18,22H2,1H3,(H,33,36)(H,34,38)(H,35,37)/b29-20-. The first kappa shape index (κ1) is 29.6. The van der Waals surface area contributed by atoms with Crippen molar-refractivity contribution in [2.75, 3.05) is 23.0 Å². The molecule has 1 heterocycles. The van der Waals surface area contributed by atoms with Crippen LogP contribution in [0.1, 0.15) is 35.7 Å². The van der Waals surface area contributed by atoms with E-state index in [1.165, 1.54) is 23.1 Å². The van der Waals surface area contributed by atoms with Crippen LogP contribution < -0.4 is 20.7 Å². The average molecular weight is 586 g/mol. The van der Waals surface area contributed by atoms with Crippen LogP contribution in [0, 0.1) is 0 Å². The monoisotopic (exact) mass is 585 g/mol. The molecule has 4 aromatic rings. The van der Waals surface area contributed by atoms with Crippen LogP contribution in [0.3, 0.4) is 0 Å². The third-order valence-corrected chi connectivity index (χ3v) is 7.48. The Hall–Kier alpha value is -4.34. The molecule has 0 saturated carbocycles. The van der Waals surface area contributed by atoms with Gasteiger partial charge < -0.3 is 20.7 Å². The van der Waals surface area contributed by atoms with Gasteiger partial charge in [0.25, 0.3) is 11.8 Å². The van der Waals surface area contributed by atoms with Gasteiger partial charge in [-0.3, -0.25) is 14.4 Å². The summed E-state index contributed by atoms with van der Waals surface area (Å²) in [5.41, 5.74) is 2.68. The van der Waals surface area contributed by atoms with E-state index in [9.17, 15) is 14.4 Å². The van der Waals surface area contributed by atoms with E-state index in [1.54, 1.807) is 42.5 Å². The molecule has 0 unspecified atom stereocenters. The van der Waals surface area contributed by atoms with Crippen molar-refractivity contribution in [2.45, 2.75) is 24.7 Å². The lowest BCUT2D eigenvalue weighted by molar-refractivity contribution is -0.114. The zero-order valence-electron chi connectivity index (χ0n) is 22.6. The summed E-state index contributed by atoms with van der Waals surface area (Å²) in [4.78, 5) is 39.1. The van der Waals surface area contributed by atoms with Crippen LogP contribution >= 0.6 is 23.1 Å². The molecule has 0 aliphatic rings. The van der Waals surface area contributed by atoms with E-state index in [1.807, 2.05) is 59.3 Å². The first-order chi connectivity index (χ1) is 20.0. The fourth-order valence-corrected chi connectivity index (χ4v) is 4.93. The number of amides is 3. The molecule has 3 N–H and O–H groups in total. The number of anilines is 2. The predicted octanol–water partition coefficient (Wildman–Crippen LogP) is 7.07. The highest BCUT2D eigenvalue weighted by atomic mass is 32.2. The van der Waals surface area contributed by atoms with Gasteiger partial charge in [-0.1, -0.05) is 31.5 Å². The number of ether oxygens (including phenoxy) is 1. The zero-order chi connectivity index (χ0) is 28.9. The first-order valence-corrected chi connectivity index (χ1v) is 15.1. The van der Waals surface area contributed by atoms with Crippen molar-refractivity contribution in [2.24, 2.45) is 0 Å². The number of unbranched alkanes of at least 4 members (excludes halogenated alkanes) is 1. The number of thioether (sulfide) groups is 1. The van der Waals surface area contributed by atoms with Crippen LogP contribution in [-0.4, -0.2) is 30.1 Å². The minimum Gasteiger partial charge on any atom is -0.494 e. The zero-order valence-corrected chi connectivity index (χ0v) is 24.2. The van der Waals surface area contributed by atoms with E-state index in [0.29, 0.717) is 23.5 Å². The van der Waals surface area contributed by atoms with Crippen molar-refractivity contribution in [3.05, 3.63) is 113 Å². The molecule has 210 valence electrons. The minimum absolute atomic E-state index is 0.121. The maximum atomic E-state index is 13.1. The van der Waals surface area contributed by atoms with Gasteiger partial charge in [-0.15, -0.1) is 11.8 Å². The lowest BCUT2D eigenvalue weighted by Crippen LogP contribution is -2.30.